The molecule has 2 heterocycles. The zero-order valence-corrected chi connectivity index (χ0v) is 14.7. The Balaban J connectivity index is 1.61. The van der Waals surface area contributed by atoms with Crippen molar-refractivity contribution in [3.05, 3.63) is 0 Å². The van der Waals surface area contributed by atoms with Crippen molar-refractivity contribution in [1.82, 2.24) is 14.7 Å². The fraction of sp³-hybridized carbons (Fsp3) is 0.789. The average Bonchev–Trinajstić information content (AvgIpc) is 2.42. The maximum absolute atomic E-state index is 3.30. The summed E-state index contributed by atoms with van der Waals surface area (Å²) in [6, 6.07) is 0.754. The molecule has 22 heavy (non-hydrogen) atoms. The lowest BCUT2D eigenvalue weighted by Crippen LogP contribution is -2.62. The predicted molar refractivity (Wildman–Crippen MR) is 93.5 cm³/mol. The van der Waals surface area contributed by atoms with E-state index in [2.05, 4.69) is 66.1 Å². The van der Waals surface area contributed by atoms with Crippen LogP contribution in [-0.4, -0.2) is 73.1 Å². The van der Waals surface area contributed by atoms with E-state index in [1.807, 2.05) is 0 Å². The Bertz CT molecular complexity index is 447. The van der Waals surface area contributed by atoms with E-state index in [1.54, 1.807) is 0 Å². The fourth-order valence-electron chi connectivity index (χ4n) is 2.91. The van der Waals surface area contributed by atoms with Gasteiger partial charge in [0.15, 0.2) is 0 Å². The Kier molecular flexibility index (Phi) is 6.77. The molecular formula is C19H31N3. The van der Waals surface area contributed by atoms with Crippen LogP contribution < -0.4 is 0 Å². The van der Waals surface area contributed by atoms with E-state index in [9.17, 15) is 0 Å². The molecule has 3 heteroatoms. The first-order valence-corrected chi connectivity index (χ1v) is 8.70. The van der Waals surface area contributed by atoms with Gasteiger partial charge in [0.25, 0.3) is 0 Å². The summed E-state index contributed by atoms with van der Waals surface area (Å²) >= 11 is 0. The minimum Gasteiger partial charge on any atom is -0.295 e. The van der Waals surface area contributed by atoms with Crippen molar-refractivity contribution in [1.29, 1.82) is 0 Å². The summed E-state index contributed by atoms with van der Waals surface area (Å²) in [4.78, 5) is 7.59. The van der Waals surface area contributed by atoms with Gasteiger partial charge in [-0.25, -0.2) is 0 Å². The van der Waals surface area contributed by atoms with Gasteiger partial charge in [-0.3, -0.25) is 14.7 Å². The van der Waals surface area contributed by atoms with E-state index in [-0.39, 0.29) is 0 Å². The van der Waals surface area contributed by atoms with Crippen LogP contribution >= 0.6 is 0 Å². The minimum atomic E-state index is 0.487. The first kappa shape index (κ1) is 17.4. The quantitative estimate of drug-likeness (QED) is 0.733. The summed E-state index contributed by atoms with van der Waals surface area (Å²) in [5, 5.41) is 0. The number of likely N-dealkylation sites (tertiary alicyclic amines) is 1. The van der Waals surface area contributed by atoms with E-state index >= 15 is 0 Å². The highest BCUT2D eigenvalue weighted by molar-refractivity contribution is 5.06. The van der Waals surface area contributed by atoms with E-state index in [1.165, 1.54) is 26.2 Å². The number of hydrogen-bond acceptors (Lipinski definition) is 3. The van der Waals surface area contributed by atoms with Gasteiger partial charge in [0.05, 0.1) is 13.1 Å². The third-order valence-electron chi connectivity index (χ3n) is 4.25. The van der Waals surface area contributed by atoms with Crippen molar-refractivity contribution in [2.75, 3.05) is 52.4 Å². The Labute approximate surface area is 137 Å². The SMILES string of the molecule is CC(C)C#CCN1CCN(C2CN(CC#CC(C)C)C2)CC1. The zero-order chi connectivity index (χ0) is 15.9. The highest BCUT2D eigenvalue weighted by Crippen LogP contribution is 2.16. The topological polar surface area (TPSA) is 9.72 Å². The first-order chi connectivity index (χ1) is 10.5. The molecule has 0 aromatic rings. The van der Waals surface area contributed by atoms with Crippen LogP contribution in [0, 0.1) is 35.5 Å². The third kappa shape index (κ3) is 5.65. The number of hydrogen-bond donors (Lipinski definition) is 0. The molecule has 2 fully saturated rings. The fourth-order valence-corrected chi connectivity index (χ4v) is 2.91. The molecule has 2 aliphatic rings. The number of piperazine rings is 1. The Morgan fingerprint density at radius 2 is 1.27 bits per heavy atom. The molecule has 0 saturated carbocycles. The number of nitrogens with zero attached hydrogens (tertiary/aromatic N) is 3. The van der Waals surface area contributed by atoms with Gasteiger partial charge in [0.2, 0.25) is 0 Å². The zero-order valence-electron chi connectivity index (χ0n) is 14.7. The van der Waals surface area contributed by atoms with Gasteiger partial charge in [-0.05, 0) is 0 Å². The molecule has 0 bridgehead atoms. The van der Waals surface area contributed by atoms with Crippen molar-refractivity contribution in [3.8, 4) is 23.7 Å². The normalized spacial score (nSPS) is 21.2. The Hall–Kier alpha value is -1.00. The van der Waals surface area contributed by atoms with E-state index < -0.39 is 0 Å². The van der Waals surface area contributed by atoms with Gasteiger partial charge in [-0.15, -0.1) is 0 Å². The Morgan fingerprint density at radius 3 is 1.77 bits per heavy atom. The van der Waals surface area contributed by atoms with E-state index in [4.69, 9.17) is 0 Å². The summed E-state index contributed by atoms with van der Waals surface area (Å²) in [7, 11) is 0. The molecule has 0 aliphatic carbocycles. The van der Waals surface area contributed by atoms with E-state index in [0.717, 1.165) is 32.2 Å². The lowest BCUT2D eigenvalue weighted by molar-refractivity contribution is 0.0144. The average molecular weight is 301 g/mol. The molecule has 0 aromatic carbocycles. The van der Waals surface area contributed by atoms with Crippen molar-refractivity contribution in [2.24, 2.45) is 11.8 Å². The van der Waals surface area contributed by atoms with Crippen LogP contribution in [0.3, 0.4) is 0 Å². The maximum Gasteiger partial charge on any atom is 0.0602 e. The van der Waals surface area contributed by atoms with Crippen LogP contribution in [0.2, 0.25) is 0 Å². The van der Waals surface area contributed by atoms with Crippen molar-refractivity contribution < 1.29 is 0 Å². The van der Waals surface area contributed by atoms with Crippen LogP contribution in [0.4, 0.5) is 0 Å². The summed E-state index contributed by atoms with van der Waals surface area (Å²) in [6.07, 6.45) is 0. The van der Waals surface area contributed by atoms with Crippen molar-refractivity contribution in [3.63, 3.8) is 0 Å². The van der Waals surface area contributed by atoms with Crippen LogP contribution in [0.15, 0.2) is 0 Å². The third-order valence-corrected chi connectivity index (χ3v) is 4.25. The second-order valence-electron chi connectivity index (χ2n) is 7.11. The standard InChI is InChI=1S/C19H31N3/c1-17(2)7-5-9-20-11-13-22(14-12-20)19-15-21(16-19)10-6-8-18(3)4/h17-19H,9-16H2,1-4H3. The molecule has 0 spiro atoms. The first-order valence-electron chi connectivity index (χ1n) is 8.70. The minimum absolute atomic E-state index is 0.487. The molecule has 0 aromatic heterocycles. The van der Waals surface area contributed by atoms with Gasteiger partial charge in [-0.2, -0.15) is 0 Å². The van der Waals surface area contributed by atoms with Crippen molar-refractivity contribution >= 4 is 0 Å². The van der Waals surface area contributed by atoms with Gasteiger partial charge in [0, 0.05) is 57.1 Å². The molecule has 0 N–H and O–H groups in total. The smallest absolute Gasteiger partial charge is 0.0602 e. The Morgan fingerprint density at radius 1 is 0.773 bits per heavy atom. The molecule has 0 atom stereocenters. The van der Waals surface area contributed by atoms with Gasteiger partial charge >= 0.3 is 0 Å². The molecule has 2 rings (SSSR count). The lowest BCUT2D eigenvalue weighted by Gasteiger charge is -2.47. The van der Waals surface area contributed by atoms with Crippen LogP contribution in [-0.2, 0) is 0 Å². The second kappa shape index (κ2) is 8.59. The summed E-state index contributed by atoms with van der Waals surface area (Å²) in [5.41, 5.74) is 0. The molecule has 0 radical (unpaired) electrons. The highest BCUT2D eigenvalue weighted by Gasteiger charge is 2.32. The monoisotopic (exact) mass is 301 g/mol. The lowest BCUT2D eigenvalue weighted by atomic mass is 10.1. The van der Waals surface area contributed by atoms with Gasteiger partial charge < -0.3 is 0 Å². The summed E-state index contributed by atoms with van der Waals surface area (Å²) in [5.74, 6) is 14.1. The molecule has 2 saturated heterocycles. The summed E-state index contributed by atoms with van der Waals surface area (Å²) < 4.78 is 0. The van der Waals surface area contributed by atoms with Gasteiger partial charge in [0.1, 0.15) is 0 Å². The largest absolute Gasteiger partial charge is 0.295 e. The molecule has 0 unspecified atom stereocenters. The molecule has 3 nitrogen and oxygen atoms in total. The van der Waals surface area contributed by atoms with Crippen LogP contribution in [0.1, 0.15) is 27.7 Å². The van der Waals surface area contributed by atoms with Crippen LogP contribution in [0.5, 0.6) is 0 Å². The molecular weight excluding hydrogens is 270 g/mol. The second-order valence-corrected chi connectivity index (χ2v) is 7.11. The highest BCUT2D eigenvalue weighted by atomic mass is 15.3. The van der Waals surface area contributed by atoms with Crippen LogP contribution in [0.25, 0.3) is 0 Å². The summed E-state index contributed by atoms with van der Waals surface area (Å²) in [6.45, 7) is 17.6. The number of rotatable bonds is 3. The molecule has 2 aliphatic heterocycles. The maximum atomic E-state index is 3.30. The predicted octanol–water partition coefficient (Wildman–Crippen LogP) is 1.61. The molecule has 122 valence electrons. The van der Waals surface area contributed by atoms with Crippen molar-refractivity contribution in [2.45, 2.75) is 33.7 Å². The van der Waals surface area contributed by atoms with E-state index in [0.29, 0.717) is 11.8 Å². The van der Waals surface area contributed by atoms with Gasteiger partial charge in [-0.1, -0.05) is 51.4 Å². The molecule has 0 amide bonds.